The van der Waals surface area contributed by atoms with Crippen molar-refractivity contribution in [2.24, 2.45) is 0 Å². The SMILES string of the molecule is [B]c1cccc(C(O)CCCC)n1. The zero-order valence-electron chi connectivity index (χ0n) is 7.90. The van der Waals surface area contributed by atoms with E-state index in [2.05, 4.69) is 11.9 Å². The van der Waals surface area contributed by atoms with E-state index in [1.807, 2.05) is 6.07 Å². The van der Waals surface area contributed by atoms with Gasteiger partial charge < -0.3 is 5.11 Å². The smallest absolute Gasteiger partial charge is 0.141 e. The number of aromatic nitrogens is 1. The quantitative estimate of drug-likeness (QED) is 0.695. The Labute approximate surface area is 80.4 Å². The molecule has 0 saturated carbocycles. The molecule has 1 aromatic rings. The number of hydrogen-bond donors (Lipinski definition) is 1. The number of hydrogen-bond acceptors (Lipinski definition) is 2. The van der Waals surface area contributed by atoms with Gasteiger partial charge in [0.1, 0.15) is 7.85 Å². The molecule has 1 atom stereocenters. The maximum absolute atomic E-state index is 9.66. The fourth-order valence-corrected chi connectivity index (χ4v) is 1.20. The lowest BCUT2D eigenvalue weighted by Gasteiger charge is -2.09. The molecule has 13 heavy (non-hydrogen) atoms. The first-order valence-corrected chi connectivity index (χ1v) is 4.64. The second-order valence-electron chi connectivity index (χ2n) is 3.15. The molecule has 1 N–H and O–H groups in total. The van der Waals surface area contributed by atoms with Crippen molar-refractivity contribution in [3.8, 4) is 0 Å². The summed E-state index contributed by atoms with van der Waals surface area (Å²) in [6, 6.07) is 5.33. The van der Waals surface area contributed by atoms with Crippen LogP contribution >= 0.6 is 0 Å². The Hall–Kier alpha value is -0.825. The van der Waals surface area contributed by atoms with E-state index in [-0.39, 0.29) is 0 Å². The van der Waals surface area contributed by atoms with Crippen LogP contribution in [-0.2, 0) is 0 Å². The van der Waals surface area contributed by atoms with Crippen LogP contribution < -0.4 is 5.59 Å². The molecule has 68 valence electrons. The van der Waals surface area contributed by atoms with Gasteiger partial charge in [0.15, 0.2) is 0 Å². The lowest BCUT2D eigenvalue weighted by molar-refractivity contribution is 0.160. The predicted molar refractivity (Wildman–Crippen MR) is 54.1 cm³/mol. The van der Waals surface area contributed by atoms with Gasteiger partial charge in [-0.3, -0.25) is 4.98 Å². The average molecular weight is 175 g/mol. The molecule has 0 aliphatic rings. The van der Waals surface area contributed by atoms with Crippen molar-refractivity contribution in [1.82, 2.24) is 4.98 Å². The molecule has 2 nitrogen and oxygen atoms in total. The molecular weight excluding hydrogens is 161 g/mol. The van der Waals surface area contributed by atoms with Crippen molar-refractivity contribution >= 4 is 13.4 Å². The van der Waals surface area contributed by atoms with Crippen LogP contribution in [0.3, 0.4) is 0 Å². The lowest BCUT2D eigenvalue weighted by Crippen LogP contribution is -2.12. The molecule has 2 radical (unpaired) electrons. The van der Waals surface area contributed by atoms with E-state index in [0.717, 1.165) is 19.3 Å². The molecule has 1 aromatic heterocycles. The molecule has 0 aliphatic carbocycles. The molecule has 0 aromatic carbocycles. The molecule has 0 fully saturated rings. The molecule has 1 heterocycles. The Balaban J connectivity index is 2.60. The van der Waals surface area contributed by atoms with E-state index in [0.29, 0.717) is 11.3 Å². The Bertz CT molecular complexity index is 265. The summed E-state index contributed by atoms with van der Waals surface area (Å²) in [5.74, 6) is 0. The van der Waals surface area contributed by atoms with E-state index in [1.165, 1.54) is 0 Å². The lowest BCUT2D eigenvalue weighted by atomic mass is 10.0. The summed E-state index contributed by atoms with van der Waals surface area (Å²) in [4.78, 5) is 4.05. The summed E-state index contributed by atoms with van der Waals surface area (Å²) in [5, 5.41) is 9.66. The molecule has 1 rings (SSSR count). The summed E-state index contributed by atoms with van der Waals surface area (Å²) >= 11 is 0. The third-order valence-corrected chi connectivity index (χ3v) is 1.96. The highest BCUT2D eigenvalue weighted by Crippen LogP contribution is 2.15. The van der Waals surface area contributed by atoms with Crippen molar-refractivity contribution < 1.29 is 5.11 Å². The summed E-state index contributed by atoms with van der Waals surface area (Å²) in [5.41, 5.74) is 1.14. The normalized spacial score (nSPS) is 12.8. The zero-order valence-corrected chi connectivity index (χ0v) is 7.90. The molecule has 0 saturated heterocycles. The van der Waals surface area contributed by atoms with Gasteiger partial charge in [-0.2, -0.15) is 0 Å². The Morgan fingerprint density at radius 1 is 1.54 bits per heavy atom. The van der Waals surface area contributed by atoms with E-state index in [9.17, 15) is 5.11 Å². The third kappa shape index (κ3) is 3.19. The number of aliphatic hydroxyl groups is 1. The second kappa shape index (κ2) is 5.02. The van der Waals surface area contributed by atoms with Crippen molar-refractivity contribution in [3.05, 3.63) is 23.9 Å². The van der Waals surface area contributed by atoms with Crippen LogP contribution in [0.4, 0.5) is 0 Å². The van der Waals surface area contributed by atoms with Crippen molar-refractivity contribution in [1.29, 1.82) is 0 Å². The minimum Gasteiger partial charge on any atom is -0.387 e. The van der Waals surface area contributed by atoms with Crippen LogP contribution in [0.1, 0.15) is 38.0 Å². The second-order valence-corrected chi connectivity index (χ2v) is 3.15. The van der Waals surface area contributed by atoms with Gasteiger partial charge in [0.25, 0.3) is 0 Å². The highest BCUT2D eigenvalue weighted by Gasteiger charge is 2.07. The largest absolute Gasteiger partial charge is 0.387 e. The first-order chi connectivity index (χ1) is 6.24. The number of nitrogens with zero attached hydrogens (tertiary/aromatic N) is 1. The van der Waals surface area contributed by atoms with E-state index in [1.54, 1.807) is 12.1 Å². The van der Waals surface area contributed by atoms with E-state index >= 15 is 0 Å². The van der Waals surface area contributed by atoms with Crippen LogP contribution in [0.15, 0.2) is 18.2 Å². The molecular formula is C10H14BNO. The maximum Gasteiger partial charge on any atom is 0.141 e. The van der Waals surface area contributed by atoms with Crippen LogP contribution in [0.5, 0.6) is 0 Å². The van der Waals surface area contributed by atoms with Gasteiger partial charge in [-0.15, -0.1) is 0 Å². The van der Waals surface area contributed by atoms with Gasteiger partial charge in [-0.05, 0) is 18.1 Å². The number of unbranched alkanes of at least 4 members (excludes halogenated alkanes) is 1. The molecule has 0 aliphatic heterocycles. The first-order valence-electron chi connectivity index (χ1n) is 4.64. The monoisotopic (exact) mass is 175 g/mol. The number of rotatable bonds is 4. The Morgan fingerprint density at radius 2 is 2.31 bits per heavy atom. The van der Waals surface area contributed by atoms with Gasteiger partial charge in [-0.1, -0.05) is 31.9 Å². The van der Waals surface area contributed by atoms with Gasteiger partial charge >= 0.3 is 0 Å². The third-order valence-electron chi connectivity index (χ3n) is 1.96. The minimum atomic E-state index is -0.469. The van der Waals surface area contributed by atoms with E-state index < -0.39 is 6.10 Å². The van der Waals surface area contributed by atoms with Crippen molar-refractivity contribution in [2.45, 2.75) is 32.3 Å². The van der Waals surface area contributed by atoms with Crippen molar-refractivity contribution in [3.63, 3.8) is 0 Å². The Kier molecular flexibility index (Phi) is 3.96. The first kappa shape index (κ1) is 10.3. The molecule has 0 spiro atoms. The number of pyridine rings is 1. The zero-order chi connectivity index (χ0) is 9.68. The summed E-state index contributed by atoms with van der Waals surface area (Å²) in [7, 11) is 5.50. The highest BCUT2D eigenvalue weighted by atomic mass is 16.3. The van der Waals surface area contributed by atoms with Gasteiger partial charge in [0.05, 0.1) is 11.8 Å². The van der Waals surface area contributed by atoms with Crippen LogP contribution in [0.25, 0.3) is 0 Å². The average Bonchev–Trinajstić information content (AvgIpc) is 2.14. The molecule has 1 unspecified atom stereocenters. The van der Waals surface area contributed by atoms with Crippen LogP contribution in [0.2, 0.25) is 0 Å². The Morgan fingerprint density at radius 3 is 2.92 bits per heavy atom. The standard InChI is InChI=1S/C10H14BNO/c1-2-3-6-9(13)8-5-4-7-10(11)12-8/h4-5,7,9,13H,2-3,6H2,1H3. The topological polar surface area (TPSA) is 33.1 Å². The van der Waals surface area contributed by atoms with Gasteiger partial charge in [0, 0.05) is 0 Å². The fraction of sp³-hybridized carbons (Fsp3) is 0.500. The van der Waals surface area contributed by atoms with Gasteiger partial charge in [0.2, 0.25) is 0 Å². The van der Waals surface area contributed by atoms with Crippen LogP contribution in [0, 0.1) is 0 Å². The maximum atomic E-state index is 9.66. The molecule has 0 bridgehead atoms. The summed E-state index contributed by atoms with van der Waals surface area (Å²) in [6.07, 6.45) is 2.38. The fourth-order valence-electron chi connectivity index (χ4n) is 1.20. The van der Waals surface area contributed by atoms with Gasteiger partial charge in [-0.25, -0.2) is 0 Å². The summed E-state index contributed by atoms with van der Waals surface area (Å²) < 4.78 is 0. The molecule has 3 heteroatoms. The predicted octanol–water partition coefficient (Wildman–Crippen LogP) is 1.10. The molecule has 0 amide bonds. The van der Waals surface area contributed by atoms with E-state index in [4.69, 9.17) is 7.85 Å². The number of aliphatic hydroxyl groups excluding tert-OH is 1. The minimum absolute atomic E-state index is 0.466. The van der Waals surface area contributed by atoms with Crippen LogP contribution in [-0.4, -0.2) is 17.9 Å². The summed E-state index contributed by atoms with van der Waals surface area (Å²) in [6.45, 7) is 2.10. The van der Waals surface area contributed by atoms with Crippen molar-refractivity contribution in [2.75, 3.05) is 0 Å². The highest BCUT2D eigenvalue weighted by molar-refractivity contribution is 6.30.